The number of aliphatic hydroxyl groups excluding tert-OH is 1. The van der Waals surface area contributed by atoms with Crippen molar-refractivity contribution >= 4 is 27.7 Å². The molecule has 0 spiro atoms. The van der Waals surface area contributed by atoms with Crippen molar-refractivity contribution in [2.75, 3.05) is 0 Å². The maximum absolute atomic E-state index is 13.3. The molecule has 0 fully saturated rings. The van der Waals surface area contributed by atoms with Gasteiger partial charge >= 0.3 is 5.97 Å². The summed E-state index contributed by atoms with van der Waals surface area (Å²) in [7, 11) is 0. The van der Waals surface area contributed by atoms with E-state index in [4.69, 9.17) is 5.11 Å². The smallest absolute Gasteiger partial charge is 0.337 e. The van der Waals surface area contributed by atoms with E-state index in [0.29, 0.717) is 5.56 Å². The SMILES string of the molecule is CC(=O)C(Br)c1ccc(F)c(C(O)C(=O)O)c1. The lowest BCUT2D eigenvalue weighted by Gasteiger charge is -2.11. The van der Waals surface area contributed by atoms with Crippen LogP contribution in [-0.2, 0) is 9.59 Å². The van der Waals surface area contributed by atoms with Gasteiger partial charge in [0.25, 0.3) is 0 Å². The monoisotopic (exact) mass is 304 g/mol. The second-order valence-electron chi connectivity index (χ2n) is 3.49. The number of aliphatic hydroxyl groups is 1. The van der Waals surface area contributed by atoms with Crippen molar-refractivity contribution in [3.63, 3.8) is 0 Å². The van der Waals surface area contributed by atoms with E-state index in [1.807, 2.05) is 0 Å². The maximum atomic E-state index is 13.3. The number of Topliss-reactive ketones (excluding diaryl/α,β-unsaturated/α-hetero) is 1. The summed E-state index contributed by atoms with van der Waals surface area (Å²) < 4.78 is 13.3. The molecule has 0 heterocycles. The second kappa shape index (κ2) is 5.37. The van der Waals surface area contributed by atoms with Gasteiger partial charge in [0.1, 0.15) is 11.6 Å². The number of hydrogen-bond donors (Lipinski definition) is 2. The zero-order chi connectivity index (χ0) is 13.2. The van der Waals surface area contributed by atoms with Gasteiger partial charge in [0.2, 0.25) is 0 Å². The summed E-state index contributed by atoms with van der Waals surface area (Å²) in [5.74, 6) is -2.57. The minimum Gasteiger partial charge on any atom is -0.479 e. The van der Waals surface area contributed by atoms with Gasteiger partial charge in [-0.3, -0.25) is 4.79 Å². The molecule has 0 aliphatic heterocycles. The van der Waals surface area contributed by atoms with Crippen molar-refractivity contribution in [3.8, 4) is 0 Å². The number of carbonyl (C=O) groups excluding carboxylic acids is 1. The molecule has 0 aliphatic carbocycles. The number of benzene rings is 1. The number of halogens is 2. The number of carbonyl (C=O) groups is 2. The number of aliphatic carboxylic acids is 1. The van der Waals surface area contributed by atoms with E-state index >= 15 is 0 Å². The van der Waals surface area contributed by atoms with Gasteiger partial charge < -0.3 is 10.2 Å². The molecule has 2 N–H and O–H groups in total. The zero-order valence-electron chi connectivity index (χ0n) is 8.85. The number of carboxylic acids is 1. The summed E-state index contributed by atoms with van der Waals surface area (Å²) in [5, 5.41) is 17.9. The van der Waals surface area contributed by atoms with Crippen LogP contribution in [0.25, 0.3) is 0 Å². The summed E-state index contributed by atoms with van der Waals surface area (Å²) >= 11 is 3.09. The lowest BCUT2D eigenvalue weighted by molar-refractivity contribution is -0.147. The number of hydrogen-bond acceptors (Lipinski definition) is 3. The van der Waals surface area contributed by atoms with Crippen molar-refractivity contribution < 1.29 is 24.2 Å². The summed E-state index contributed by atoms with van der Waals surface area (Å²) in [6.07, 6.45) is -1.94. The molecule has 4 nitrogen and oxygen atoms in total. The maximum Gasteiger partial charge on any atom is 0.337 e. The summed E-state index contributed by atoms with van der Waals surface area (Å²) in [5.41, 5.74) is 0.0369. The fourth-order valence-corrected chi connectivity index (χ4v) is 1.58. The first-order valence-corrected chi connectivity index (χ1v) is 5.61. The van der Waals surface area contributed by atoms with Crippen LogP contribution in [0.1, 0.15) is 29.0 Å². The molecule has 1 aromatic rings. The molecule has 0 saturated heterocycles. The fourth-order valence-electron chi connectivity index (χ4n) is 1.30. The number of rotatable bonds is 4. The van der Waals surface area contributed by atoms with Crippen LogP contribution in [0.15, 0.2) is 18.2 Å². The van der Waals surface area contributed by atoms with Crippen molar-refractivity contribution in [3.05, 3.63) is 35.1 Å². The molecule has 2 atom stereocenters. The van der Waals surface area contributed by atoms with Crippen LogP contribution < -0.4 is 0 Å². The third kappa shape index (κ3) is 3.10. The van der Waals surface area contributed by atoms with E-state index in [1.165, 1.54) is 13.0 Å². The van der Waals surface area contributed by atoms with Crippen LogP contribution in [0.5, 0.6) is 0 Å². The molecular formula is C11H10BrFO4. The Morgan fingerprint density at radius 1 is 1.41 bits per heavy atom. The molecule has 0 amide bonds. The van der Waals surface area contributed by atoms with Crippen LogP contribution in [0.2, 0.25) is 0 Å². The molecule has 0 aliphatic rings. The standard InChI is InChI=1S/C11H10BrFO4/c1-5(14)9(12)6-2-3-8(13)7(4-6)10(15)11(16)17/h2-4,9-10,15H,1H3,(H,16,17). The summed E-state index contributed by atoms with van der Waals surface area (Å²) in [6, 6.07) is 3.54. The largest absolute Gasteiger partial charge is 0.479 e. The molecule has 0 aromatic heterocycles. The average molecular weight is 305 g/mol. The Kier molecular flexibility index (Phi) is 4.36. The van der Waals surface area contributed by atoms with Crippen molar-refractivity contribution in [1.29, 1.82) is 0 Å². The van der Waals surface area contributed by atoms with E-state index in [9.17, 15) is 19.1 Å². The lowest BCUT2D eigenvalue weighted by Crippen LogP contribution is -2.13. The zero-order valence-corrected chi connectivity index (χ0v) is 10.4. The van der Waals surface area contributed by atoms with Gasteiger partial charge in [0, 0.05) is 5.56 Å². The van der Waals surface area contributed by atoms with E-state index < -0.39 is 22.7 Å². The minimum atomic E-state index is -1.94. The first-order chi connectivity index (χ1) is 7.84. The Balaban J connectivity index is 3.19. The van der Waals surface area contributed by atoms with Crippen LogP contribution in [0.3, 0.4) is 0 Å². The summed E-state index contributed by atoms with van der Waals surface area (Å²) in [4.78, 5) is 21.0. The van der Waals surface area contributed by atoms with E-state index in [1.54, 1.807) is 0 Å². The third-order valence-corrected chi connectivity index (χ3v) is 3.37. The molecule has 0 bridgehead atoms. The van der Waals surface area contributed by atoms with E-state index in [0.717, 1.165) is 12.1 Å². The molecule has 1 rings (SSSR count). The quantitative estimate of drug-likeness (QED) is 0.834. The summed E-state index contributed by atoms with van der Waals surface area (Å²) in [6.45, 7) is 1.34. The first-order valence-electron chi connectivity index (χ1n) is 4.69. The first kappa shape index (κ1) is 13.8. The van der Waals surface area contributed by atoms with Gasteiger partial charge in [0.05, 0.1) is 4.83 Å². The Bertz CT molecular complexity index is 461. The molecular weight excluding hydrogens is 295 g/mol. The van der Waals surface area contributed by atoms with Crippen LogP contribution in [-0.4, -0.2) is 22.0 Å². The predicted molar refractivity (Wildman–Crippen MR) is 61.3 cm³/mol. The topological polar surface area (TPSA) is 74.6 Å². The van der Waals surface area contributed by atoms with Crippen LogP contribution in [0.4, 0.5) is 4.39 Å². The molecule has 1 aromatic carbocycles. The molecule has 2 unspecified atom stereocenters. The molecule has 92 valence electrons. The Morgan fingerprint density at radius 2 is 2.00 bits per heavy atom. The second-order valence-corrected chi connectivity index (χ2v) is 4.41. The van der Waals surface area contributed by atoms with Gasteiger partial charge in [0.15, 0.2) is 6.10 Å². The van der Waals surface area contributed by atoms with Gasteiger partial charge in [-0.2, -0.15) is 0 Å². The third-order valence-electron chi connectivity index (χ3n) is 2.20. The van der Waals surface area contributed by atoms with Crippen molar-refractivity contribution in [2.24, 2.45) is 0 Å². The number of carboxylic acid groups (broad SMARTS) is 1. The van der Waals surface area contributed by atoms with E-state index in [-0.39, 0.29) is 11.3 Å². The number of alkyl halides is 1. The van der Waals surface area contributed by atoms with Gasteiger partial charge in [-0.25, -0.2) is 9.18 Å². The minimum absolute atomic E-state index is 0.202. The Morgan fingerprint density at radius 3 is 2.47 bits per heavy atom. The van der Waals surface area contributed by atoms with Crippen LogP contribution >= 0.6 is 15.9 Å². The van der Waals surface area contributed by atoms with Crippen molar-refractivity contribution in [2.45, 2.75) is 17.9 Å². The highest BCUT2D eigenvalue weighted by molar-refractivity contribution is 9.09. The predicted octanol–water partition coefficient (Wildman–Crippen LogP) is 1.97. The Labute approximate surface area is 105 Å². The van der Waals surface area contributed by atoms with Crippen molar-refractivity contribution in [1.82, 2.24) is 0 Å². The van der Waals surface area contributed by atoms with Gasteiger partial charge in [-0.15, -0.1) is 0 Å². The highest BCUT2D eigenvalue weighted by Gasteiger charge is 2.22. The highest BCUT2D eigenvalue weighted by atomic mass is 79.9. The Hall–Kier alpha value is -1.27. The molecule has 17 heavy (non-hydrogen) atoms. The molecule has 6 heteroatoms. The average Bonchev–Trinajstić information content (AvgIpc) is 2.27. The lowest BCUT2D eigenvalue weighted by atomic mass is 10.0. The highest BCUT2D eigenvalue weighted by Crippen LogP contribution is 2.27. The van der Waals surface area contributed by atoms with E-state index in [2.05, 4.69) is 15.9 Å². The van der Waals surface area contributed by atoms with Gasteiger partial charge in [-0.1, -0.05) is 22.0 Å². The van der Waals surface area contributed by atoms with Gasteiger partial charge in [-0.05, 0) is 24.6 Å². The van der Waals surface area contributed by atoms with Crippen LogP contribution in [0, 0.1) is 5.82 Å². The normalized spacial score (nSPS) is 14.1. The molecule has 0 saturated carbocycles. The fraction of sp³-hybridized carbons (Fsp3) is 0.273. The number of ketones is 1. The molecule has 0 radical (unpaired) electrons.